The van der Waals surface area contributed by atoms with Crippen LogP contribution in [0.4, 0.5) is 0 Å². The van der Waals surface area contributed by atoms with Crippen LogP contribution in [0.25, 0.3) is 0 Å². The largest absolute Gasteiger partial charge is 0.386 e. The lowest BCUT2D eigenvalue weighted by atomic mass is 10.1. The van der Waals surface area contributed by atoms with E-state index in [9.17, 15) is 13.5 Å². The van der Waals surface area contributed by atoms with E-state index < -0.39 is 20.7 Å². The maximum atomic E-state index is 11.6. The molecule has 0 saturated carbocycles. The molecule has 1 aromatic rings. The molecule has 0 aliphatic heterocycles. The van der Waals surface area contributed by atoms with Crippen LogP contribution < -0.4 is 0 Å². The number of halogens is 2. The van der Waals surface area contributed by atoms with Crippen LogP contribution in [0, 0.1) is 0 Å². The quantitative estimate of drug-likeness (QED) is 0.914. The third-order valence-corrected chi connectivity index (χ3v) is 7.21. The Morgan fingerprint density at radius 3 is 2.38 bits per heavy atom. The zero-order chi connectivity index (χ0) is 12.7. The van der Waals surface area contributed by atoms with Gasteiger partial charge in [-0.25, -0.2) is 8.42 Å². The van der Waals surface area contributed by atoms with Crippen LogP contribution in [0.3, 0.4) is 0 Å². The molecule has 7 heteroatoms. The lowest BCUT2D eigenvalue weighted by Gasteiger charge is -2.27. The molecule has 1 aromatic heterocycles. The molecule has 1 atom stereocenters. The Balaban J connectivity index is 3.17. The molecule has 0 aliphatic rings. The smallest absolute Gasteiger partial charge is 0.155 e. The summed E-state index contributed by atoms with van der Waals surface area (Å²) in [4.78, 5) is 0.535. The molecule has 0 aromatic carbocycles. The van der Waals surface area contributed by atoms with Crippen LogP contribution in [-0.2, 0) is 9.84 Å². The van der Waals surface area contributed by atoms with Crippen molar-refractivity contribution >= 4 is 48.7 Å². The van der Waals surface area contributed by atoms with E-state index in [1.54, 1.807) is 6.07 Å². The molecule has 0 amide bonds. The molecule has 0 radical (unpaired) electrons. The standard InChI is InChI=1S/C9H12BrClO3S2/c1-9(2,16(3,13)14)7(12)6-4-5(11)8(10)15-6/h4,7,12H,1-3H3. The summed E-state index contributed by atoms with van der Waals surface area (Å²) < 4.78 is 22.6. The van der Waals surface area contributed by atoms with E-state index in [4.69, 9.17) is 11.6 Å². The van der Waals surface area contributed by atoms with Gasteiger partial charge in [0.2, 0.25) is 0 Å². The summed E-state index contributed by atoms with van der Waals surface area (Å²) in [6.07, 6.45) is 0.0248. The topological polar surface area (TPSA) is 54.4 Å². The molecule has 0 aliphatic carbocycles. The van der Waals surface area contributed by atoms with Crippen LogP contribution >= 0.6 is 38.9 Å². The first kappa shape index (κ1) is 14.4. The van der Waals surface area contributed by atoms with Crippen LogP contribution in [0.15, 0.2) is 9.85 Å². The van der Waals surface area contributed by atoms with Gasteiger partial charge in [0, 0.05) is 11.1 Å². The molecule has 0 spiro atoms. The first-order valence-electron chi connectivity index (χ1n) is 4.39. The van der Waals surface area contributed by atoms with Crippen molar-refractivity contribution in [3.8, 4) is 0 Å². The van der Waals surface area contributed by atoms with Gasteiger partial charge in [-0.15, -0.1) is 11.3 Å². The number of rotatable bonds is 3. The molecule has 1 N–H and O–H groups in total. The van der Waals surface area contributed by atoms with Gasteiger partial charge in [-0.1, -0.05) is 11.6 Å². The van der Waals surface area contributed by atoms with Gasteiger partial charge in [0.15, 0.2) is 9.84 Å². The van der Waals surface area contributed by atoms with Crippen molar-refractivity contribution in [3.63, 3.8) is 0 Å². The number of sulfone groups is 1. The van der Waals surface area contributed by atoms with Gasteiger partial charge in [-0.05, 0) is 35.8 Å². The average molecular weight is 348 g/mol. The predicted molar refractivity (Wildman–Crippen MR) is 70.9 cm³/mol. The highest BCUT2D eigenvalue weighted by atomic mass is 79.9. The molecule has 92 valence electrons. The lowest BCUT2D eigenvalue weighted by Crippen LogP contribution is -2.37. The fraction of sp³-hybridized carbons (Fsp3) is 0.556. The fourth-order valence-electron chi connectivity index (χ4n) is 1.04. The van der Waals surface area contributed by atoms with Gasteiger partial charge in [0.1, 0.15) is 6.10 Å². The van der Waals surface area contributed by atoms with Crippen molar-refractivity contribution < 1.29 is 13.5 Å². The highest BCUT2D eigenvalue weighted by molar-refractivity contribution is 9.11. The molecule has 1 rings (SSSR count). The summed E-state index contributed by atoms with van der Waals surface area (Å²) in [5.41, 5.74) is 0. The number of hydrogen-bond donors (Lipinski definition) is 1. The first-order valence-corrected chi connectivity index (χ1v) is 8.27. The van der Waals surface area contributed by atoms with Crippen molar-refractivity contribution in [2.45, 2.75) is 24.7 Å². The molecule has 1 heterocycles. The number of aliphatic hydroxyl groups is 1. The second-order valence-corrected chi connectivity index (χ2v) is 9.45. The van der Waals surface area contributed by atoms with Crippen LogP contribution in [-0.4, -0.2) is 24.5 Å². The molecule has 16 heavy (non-hydrogen) atoms. The maximum absolute atomic E-state index is 11.6. The zero-order valence-electron chi connectivity index (χ0n) is 8.99. The minimum atomic E-state index is -3.36. The van der Waals surface area contributed by atoms with Gasteiger partial charge < -0.3 is 5.11 Å². The average Bonchev–Trinajstić information content (AvgIpc) is 2.43. The van der Waals surface area contributed by atoms with E-state index in [1.807, 2.05) is 0 Å². The molecular formula is C9H12BrClO3S2. The molecule has 0 bridgehead atoms. The van der Waals surface area contributed by atoms with Gasteiger partial charge in [-0.3, -0.25) is 0 Å². The van der Waals surface area contributed by atoms with E-state index in [1.165, 1.54) is 25.2 Å². The van der Waals surface area contributed by atoms with Gasteiger partial charge >= 0.3 is 0 Å². The fourth-order valence-corrected chi connectivity index (χ4v) is 3.57. The summed E-state index contributed by atoms with van der Waals surface area (Å²) in [5, 5.41) is 10.5. The van der Waals surface area contributed by atoms with Crippen molar-refractivity contribution in [2.75, 3.05) is 6.26 Å². The minimum absolute atomic E-state index is 0.475. The molecular weight excluding hydrogens is 336 g/mol. The van der Waals surface area contributed by atoms with Gasteiger partial charge in [0.25, 0.3) is 0 Å². The monoisotopic (exact) mass is 346 g/mol. The Kier molecular flexibility index (Phi) is 4.12. The Labute approximate surface area is 112 Å². The van der Waals surface area contributed by atoms with E-state index in [-0.39, 0.29) is 0 Å². The summed E-state index contributed by atoms with van der Waals surface area (Å²) in [6, 6.07) is 1.58. The van der Waals surface area contributed by atoms with Crippen LogP contribution in [0.2, 0.25) is 5.02 Å². The normalized spacial score (nSPS) is 15.1. The van der Waals surface area contributed by atoms with Crippen molar-refractivity contribution in [1.29, 1.82) is 0 Å². The Bertz CT molecular complexity index is 473. The third-order valence-electron chi connectivity index (χ3n) is 2.55. The Morgan fingerprint density at radius 2 is 2.06 bits per heavy atom. The molecule has 0 fully saturated rings. The maximum Gasteiger partial charge on any atom is 0.155 e. The molecule has 0 saturated heterocycles. The lowest BCUT2D eigenvalue weighted by molar-refractivity contribution is 0.143. The summed E-state index contributed by atoms with van der Waals surface area (Å²) in [7, 11) is -3.36. The third kappa shape index (κ3) is 2.61. The SMILES string of the molecule is CC(C)(C(O)c1cc(Cl)c(Br)s1)S(C)(=O)=O. The second-order valence-electron chi connectivity index (χ2n) is 4.05. The van der Waals surface area contributed by atoms with Crippen molar-refractivity contribution in [3.05, 3.63) is 19.8 Å². The van der Waals surface area contributed by atoms with Crippen molar-refractivity contribution in [1.82, 2.24) is 0 Å². The Morgan fingerprint density at radius 1 is 1.56 bits per heavy atom. The first-order chi connectivity index (χ1) is 7.07. The zero-order valence-corrected chi connectivity index (χ0v) is 13.0. The summed E-state index contributed by atoms with van der Waals surface area (Å²) in [6.45, 7) is 2.99. The van der Waals surface area contributed by atoms with Gasteiger partial charge in [0.05, 0.1) is 13.6 Å². The Hall–Kier alpha value is 0.380. The van der Waals surface area contributed by atoms with E-state index >= 15 is 0 Å². The number of hydrogen-bond acceptors (Lipinski definition) is 4. The van der Waals surface area contributed by atoms with Crippen LogP contribution in [0.5, 0.6) is 0 Å². The van der Waals surface area contributed by atoms with Gasteiger partial charge in [-0.2, -0.15) is 0 Å². The van der Waals surface area contributed by atoms with E-state index in [2.05, 4.69) is 15.9 Å². The van der Waals surface area contributed by atoms with Crippen LogP contribution in [0.1, 0.15) is 24.8 Å². The summed E-state index contributed by atoms with van der Waals surface area (Å²) in [5.74, 6) is 0. The van der Waals surface area contributed by atoms with Crippen molar-refractivity contribution in [2.24, 2.45) is 0 Å². The minimum Gasteiger partial charge on any atom is -0.386 e. The predicted octanol–water partition coefficient (Wildman–Crippen LogP) is 3.02. The van der Waals surface area contributed by atoms with E-state index in [0.29, 0.717) is 13.7 Å². The van der Waals surface area contributed by atoms with E-state index in [0.717, 1.165) is 6.26 Å². The highest BCUT2D eigenvalue weighted by Crippen LogP contribution is 2.40. The summed E-state index contributed by atoms with van der Waals surface area (Å²) >= 11 is 10.3. The molecule has 3 nitrogen and oxygen atoms in total. The number of aliphatic hydroxyl groups excluding tert-OH is 1. The second kappa shape index (κ2) is 4.57. The molecule has 1 unspecified atom stereocenters. The number of thiophene rings is 1. The highest BCUT2D eigenvalue weighted by Gasteiger charge is 2.39.